The van der Waals surface area contributed by atoms with E-state index in [0.717, 1.165) is 74.5 Å². The topological polar surface area (TPSA) is 77.3 Å². The molecule has 0 unspecified atom stereocenters. The Kier molecular flexibility index (Phi) is 6.02. The zero-order chi connectivity index (χ0) is 21.8. The molecule has 8 nitrogen and oxygen atoms in total. The Bertz CT molecular complexity index is 1090. The molecule has 2 aliphatic heterocycles. The maximum absolute atomic E-state index is 5.60. The highest BCUT2D eigenvalue weighted by atomic mass is 16.5. The molecule has 1 N–H and O–H groups in total. The van der Waals surface area contributed by atoms with Gasteiger partial charge < -0.3 is 19.8 Å². The molecule has 2 aromatic heterocycles. The van der Waals surface area contributed by atoms with E-state index in [9.17, 15) is 0 Å². The molecule has 0 spiro atoms. The maximum Gasteiger partial charge on any atom is 0.175 e. The third-order valence-corrected chi connectivity index (χ3v) is 5.86. The first-order valence-electron chi connectivity index (χ1n) is 11.1. The van der Waals surface area contributed by atoms with Gasteiger partial charge in [-0.15, -0.1) is 10.2 Å². The second-order valence-corrected chi connectivity index (χ2v) is 7.98. The van der Waals surface area contributed by atoms with Gasteiger partial charge in [-0.2, -0.15) is 0 Å². The Morgan fingerprint density at radius 1 is 1.06 bits per heavy atom. The summed E-state index contributed by atoms with van der Waals surface area (Å²) in [6.07, 6.45) is 8.51. The van der Waals surface area contributed by atoms with E-state index in [1.54, 1.807) is 0 Å². The molecule has 0 atom stereocenters. The van der Waals surface area contributed by atoms with E-state index in [-0.39, 0.29) is 0 Å². The predicted octanol–water partition coefficient (Wildman–Crippen LogP) is 2.46. The van der Waals surface area contributed by atoms with Gasteiger partial charge in [0.15, 0.2) is 11.6 Å². The van der Waals surface area contributed by atoms with Gasteiger partial charge in [0.05, 0.1) is 19.8 Å². The van der Waals surface area contributed by atoms with Gasteiger partial charge in [-0.1, -0.05) is 24.3 Å². The van der Waals surface area contributed by atoms with Crippen molar-refractivity contribution in [3.8, 4) is 5.75 Å². The van der Waals surface area contributed by atoms with Gasteiger partial charge in [-0.25, -0.2) is 9.66 Å². The van der Waals surface area contributed by atoms with Crippen LogP contribution in [0.2, 0.25) is 0 Å². The highest BCUT2D eigenvalue weighted by Crippen LogP contribution is 2.26. The highest BCUT2D eigenvalue weighted by Gasteiger charge is 2.15. The first kappa shape index (κ1) is 20.5. The summed E-state index contributed by atoms with van der Waals surface area (Å²) in [5.41, 5.74) is 6.84. The number of nitrogens with zero attached hydrogens (tertiary/aromatic N) is 5. The number of nitrogens with one attached hydrogen (secondary N) is 1. The Hall–Kier alpha value is -3.39. The lowest BCUT2D eigenvalue weighted by atomic mass is 10.1. The Balaban J connectivity index is 1.23. The van der Waals surface area contributed by atoms with Crippen LogP contribution in [0.3, 0.4) is 0 Å². The maximum atomic E-state index is 5.60. The number of ether oxygens (including phenoxy) is 2. The van der Waals surface area contributed by atoms with Gasteiger partial charge in [0.2, 0.25) is 0 Å². The minimum atomic E-state index is 0.710. The molecule has 1 fully saturated rings. The first-order chi connectivity index (χ1) is 15.8. The van der Waals surface area contributed by atoms with Crippen molar-refractivity contribution in [3.05, 3.63) is 70.9 Å². The van der Waals surface area contributed by atoms with E-state index < -0.39 is 0 Å². The number of allylic oxidation sites excluding steroid dienone is 1. The Morgan fingerprint density at radius 3 is 2.75 bits per heavy atom. The van der Waals surface area contributed by atoms with Crippen molar-refractivity contribution in [2.24, 2.45) is 0 Å². The molecule has 2 aliphatic rings. The number of morpholine rings is 1. The van der Waals surface area contributed by atoms with Crippen LogP contribution in [0, 0.1) is 0 Å². The smallest absolute Gasteiger partial charge is 0.175 e. The fraction of sp³-hybridized carbons (Fsp3) is 0.375. The number of hydrogen-bond acceptors (Lipinski definition) is 7. The molecule has 0 radical (unpaired) electrons. The quantitative estimate of drug-likeness (QED) is 0.615. The second-order valence-electron chi connectivity index (χ2n) is 7.98. The van der Waals surface area contributed by atoms with Gasteiger partial charge >= 0.3 is 0 Å². The Labute approximate surface area is 187 Å². The van der Waals surface area contributed by atoms with Crippen LogP contribution in [-0.2, 0) is 24.0 Å². The van der Waals surface area contributed by atoms with Crippen molar-refractivity contribution in [3.63, 3.8) is 0 Å². The molecule has 1 saturated heterocycles. The lowest BCUT2D eigenvalue weighted by Crippen LogP contribution is -2.36. The molecule has 1 aromatic carbocycles. The highest BCUT2D eigenvalue weighted by molar-refractivity contribution is 5.44. The molecular weight excluding hydrogens is 404 g/mol. The van der Waals surface area contributed by atoms with Crippen molar-refractivity contribution in [2.45, 2.75) is 19.3 Å². The van der Waals surface area contributed by atoms with Crippen LogP contribution in [-0.4, -0.2) is 59.8 Å². The molecule has 32 heavy (non-hydrogen) atoms. The zero-order valence-electron chi connectivity index (χ0n) is 18.3. The summed E-state index contributed by atoms with van der Waals surface area (Å²) in [6, 6.07) is 10.6. The molecule has 0 amide bonds. The van der Waals surface area contributed by atoms with E-state index in [1.165, 1.54) is 11.1 Å². The van der Waals surface area contributed by atoms with Crippen molar-refractivity contribution in [1.82, 2.24) is 19.9 Å². The number of hydrogen-bond donors (Lipinski definition) is 1. The number of anilines is 1. The lowest BCUT2D eigenvalue weighted by Gasteiger charge is -2.27. The minimum absolute atomic E-state index is 0.710. The van der Waals surface area contributed by atoms with E-state index in [1.807, 2.05) is 24.0 Å². The van der Waals surface area contributed by atoms with Crippen molar-refractivity contribution in [1.29, 1.82) is 0 Å². The molecule has 8 heteroatoms. The Morgan fingerprint density at radius 2 is 1.94 bits per heavy atom. The normalized spacial score (nSPS) is 15.7. The molecular formula is C24H28N6O2. The summed E-state index contributed by atoms with van der Waals surface area (Å²) in [5.74, 6) is 3.67. The van der Waals surface area contributed by atoms with Crippen LogP contribution in [0.1, 0.15) is 28.3 Å². The van der Waals surface area contributed by atoms with Gasteiger partial charge in [0, 0.05) is 39.2 Å². The fourth-order valence-corrected chi connectivity index (χ4v) is 4.15. The molecule has 166 valence electrons. The van der Waals surface area contributed by atoms with E-state index in [2.05, 4.69) is 61.9 Å². The third kappa shape index (κ3) is 4.45. The average Bonchev–Trinajstić information content (AvgIpc) is 3.46. The average molecular weight is 433 g/mol. The summed E-state index contributed by atoms with van der Waals surface area (Å²) in [4.78, 5) is 6.88. The number of rotatable bonds is 7. The van der Waals surface area contributed by atoms with Gasteiger partial charge in [0.1, 0.15) is 11.6 Å². The minimum Gasteiger partial charge on any atom is -0.493 e. The summed E-state index contributed by atoms with van der Waals surface area (Å²) in [5, 5.41) is 8.77. The summed E-state index contributed by atoms with van der Waals surface area (Å²) < 4.78 is 12.9. The van der Waals surface area contributed by atoms with Gasteiger partial charge in [-0.05, 0) is 41.3 Å². The molecule has 0 saturated carbocycles. The van der Waals surface area contributed by atoms with Crippen molar-refractivity contribution < 1.29 is 9.47 Å². The van der Waals surface area contributed by atoms with Crippen molar-refractivity contribution >= 4 is 11.9 Å². The van der Waals surface area contributed by atoms with Crippen LogP contribution in [0.25, 0.3) is 6.08 Å². The zero-order valence-corrected chi connectivity index (χ0v) is 18.3. The number of pyridine rings is 1. The van der Waals surface area contributed by atoms with E-state index in [4.69, 9.17) is 9.47 Å². The van der Waals surface area contributed by atoms with Crippen LogP contribution in [0.5, 0.6) is 5.75 Å². The monoisotopic (exact) mass is 432 g/mol. The molecule has 4 heterocycles. The van der Waals surface area contributed by atoms with Gasteiger partial charge in [-0.3, -0.25) is 0 Å². The lowest BCUT2D eigenvalue weighted by molar-refractivity contribution is 0.122. The standard InChI is InChI=1S/C24H28N6O2/c1-25-30-23(27-28-24(30)16-19-5-7-21-20(15-19)9-12-32-21)4-2-3-18-6-8-22(26-17-18)29-10-13-31-14-11-29/h2,4-8,15,17,25H,3,9-14,16H2,1H3/b4-2-. The second kappa shape index (κ2) is 9.40. The molecule has 5 rings (SSSR count). The van der Waals surface area contributed by atoms with E-state index in [0.29, 0.717) is 6.42 Å². The third-order valence-electron chi connectivity index (χ3n) is 5.86. The van der Waals surface area contributed by atoms with Crippen LogP contribution in [0.4, 0.5) is 5.82 Å². The number of aromatic nitrogens is 4. The van der Waals surface area contributed by atoms with Crippen LogP contribution < -0.4 is 15.1 Å². The molecule has 3 aromatic rings. The molecule has 0 aliphatic carbocycles. The summed E-state index contributed by atoms with van der Waals surface area (Å²) in [7, 11) is 1.88. The number of fused-ring (bicyclic) bond motifs is 1. The predicted molar refractivity (Wildman–Crippen MR) is 124 cm³/mol. The van der Waals surface area contributed by atoms with E-state index >= 15 is 0 Å². The van der Waals surface area contributed by atoms with Crippen molar-refractivity contribution in [2.75, 3.05) is 50.3 Å². The molecule has 0 bridgehead atoms. The SMILES string of the molecule is CNn1c(/C=C\Cc2ccc(N3CCOCC3)nc2)nnc1Cc1ccc2c(c1)CCO2. The first-order valence-corrected chi connectivity index (χ1v) is 11.1. The summed E-state index contributed by atoms with van der Waals surface area (Å²) >= 11 is 0. The summed E-state index contributed by atoms with van der Waals surface area (Å²) in [6.45, 7) is 4.09. The largest absolute Gasteiger partial charge is 0.493 e. The van der Waals surface area contributed by atoms with Crippen LogP contribution >= 0.6 is 0 Å². The fourth-order valence-electron chi connectivity index (χ4n) is 4.15. The van der Waals surface area contributed by atoms with Crippen LogP contribution in [0.15, 0.2) is 42.6 Å². The number of benzene rings is 1. The van der Waals surface area contributed by atoms with Gasteiger partial charge in [0.25, 0.3) is 0 Å².